The molecule has 2 N–H and O–H groups in total. The van der Waals surface area contributed by atoms with Crippen LogP contribution in [-0.2, 0) is 10.3 Å². The van der Waals surface area contributed by atoms with Gasteiger partial charge >= 0.3 is 7.12 Å². The van der Waals surface area contributed by atoms with Gasteiger partial charge < -0.3 is 14.7 Å². The Morgan fingerprint density at radius 1 is 1.52 bits per heavy atom. The first kappa shape index (κ1) is 16.2. The number of nitrogens with one attached hydrogen (secondary N) is 1. The van der Waals surface area contributed by atoms with E-state index in [0.717, 1.165) is 42.3 Å². The molecule has 7 heteroatoms. The Morgan fingerprint density at radius 2 is 2.40 bits per heavy atom. The number of pyridine rings is 1. The van der Waals surface area contributed by atoms with Gasteiger partial charge in [-0.15, -0.1) is 0 Å². The molecule has 4 heterocycles. The van der Waals surface area contributed by atoms with Crippen LogP contribution >= 0.6 is 11.9 Å². The van der Waals surface area contributed by atoms with Crippen molar-refractivity contribution < 1.29 is 9.68 Å². The van der Waals surface area contributed by atoms with Crippen LogP contribution < -0.4 is 5.46 Å². The molecule has 2 aliphatic heterocycles. The van der Waals surface area contributed by atoms with E-state index >= 15 is 0 Å². The van der Waals surface area contributed by atoms with E-state index in [9.17, 15) is 5.02 Å². The standard InChI is InChI=1S/C18H24BN3O2S/c1-3-8-25-22-10-12(2)17(22)5-6-18(11-17)15-13-4-7-20-16(13)21-9-14(15)19(23)24-18/h4,7,9,12,23H,3,5-6,8,10-11H2,1-2H3,(H,20,21). The molecular formula is C18H24BN3O2S. The third-order valence-electron chi connectivity index (χ3n) is 6.53. The van der Waals surface area contributed by atoms with Gasteiger partial charge in [-0.2, -0.15) is 0 Å². The second kappa shape index (κ2) is 5.49. The third kappa shape index (κ3) is 2.07. The van der Waals surface area contributed by atoms with Crippen LogP contribution in [-0.4, -0.2) is 44.3 Å². The molecule has 3 aliphatic rings. The zero-order valence-electron chi connectivity index (χ0n) is 14.8. The molecule has 5 nitrogen and oxygen atoms in total. The summed E-state index contributed by atoms with van der Waals surface area (Å²) in [5, 5.41) is 11.6. The second-order valence-corrected chi connectivity index (χ2v) is 8.98. The Kier molecular flexibility index (Phi) is 3.55. The summed E-state index contributed by atoms with van der Waals surface area (Å²) in [7, 11) is -0.857. The molecule has 2 aromatic rings. The SMILES string of the molecule is CCCSN1CC(C)C12CCC1(C2)OB(O)c2cnc3[nH]ccc3c21. The van der Waals surface area contributed by atoms with Gasteiger partial charge in [-0.3, -0.25) is 0 Å². The van der Waals surface area contributed by atoms with E-state index in [4.69, 9.17) is 4.65 Å². The summed E-state index contributed by atoms with van der Waals surface area (Å²) in [6, 6.07) is 2.07. The molecule has 132 valence electrons. The Hall–Kier alpha value is -1.02. The number of H-pyrrole nitrogens is 1. The van der Waals surface area contributed by atoms with Crippen molar-refractivity contribution in [3.05, 3.63) is 24.0 Å². The molecule has 3 atom stereocenters. The lowest BCUT2D eigenvalue weighted by atomic mass is 9.73. The highest BCUT2D eigenvalue weighted by Crippen LogP contribution is 2.60. The van der Waals surface area contributed by atoms with E-state index in [-0.39, 0.29) is 11.1 Å². The quantitative estimate of drug-likeness (QED) is 0.653. The van der Waals surface area contributed by atoms with Crippen molar-refractivity contribution in [1.82, 2.24) is 14.3 Å². The Bertz CT molecular complexity index is 830. The summed E-state index contributed by atoms with van der Waals surface area (Å²) >= 11 is 1.99. The van der Waals surface area contributed by atoms with Crippen molar-refractivity contribution in [3.8, 4) is 0 Å². The number of fused-ring (bicyclic) bond motifs is 4. The topological polar surface area (TPSA) is 61.4 Å². The lowest BCUT2D eigenvalue weighted by Gasteiger charge is -2.56. The molecule has 1 saturated carbocycles. The Morgan fingerprint density at radius 3 is 3.20 bits per heavy atom. The smallest absolute Gasteiger partial charge is 0.423 e. The zero-order chi connectivity index (χ0) is 17.2. The van der Waals surface area contributed by atoms with Gasteiger partial charge in [0.25, 0.3) is 0 Å². The monoisotopic (exact) mass is 357 g/mol. The van der Waals surface area contributed by atoms with Gasteiger partial charge in [0, 0.05) is 41.1 Å². The van der Waals surface area contributed by atoms with E-state index in [1.807, 2.05) is 18.1 Å². The van der Waals surface area contributed by atoms with Crippen molar-refractivity contribution in [1.29, 1.82) is 0 Å². The average molecular weight is 357 g/mol. The maximum atomic E-state index is 10.5. The van der Waals surface area contributed by atoms with E-state index in [1.165, 1.54) is 17.7 Å². The summed E-state index contributed by atoms with van der Waals surface area (Å²) in [4.78, 5) is 7.65. The average Bonchev–Trinajstić information content (AvgIpc) is 3.29. The first-order valence-corrected chi connectivity index (χ1v) is 10.3. The van der Waals surface area contributed by atoms with Crippen LogP contribution in [0, 0.1) is 5.92 Å². The predicted octanol–water partition coefficient (Wildman–Crippen LogP) is 2.41. The van der Waals surface area contributed by atoms with Gasteiger partial charge in [0.05, 0.1) is 5.60 Å². The van der Waals surface area contributed by atoms with Gasteiger partial charge in [0.1, 0.15) is 5.65 Å². The zero-order valence-corrected chi connectivity index (χ0v) is 15.6. The number of nitrogens with zero attached hydrogens (tertiary/aromatic N) is 2. The van der Waals surface area contributed by atoms with Gasteiger partial charge in [-0.25, -0.2) is 9.29 Å². The van der Waals surface area contributed by atoms with Crippen LogP contribution in [0.15, 0.2) is 18.5 Å². The first-order chi connectivity index (χ1) is 12.1. The van der Waals surface area contributed by atoms with Gasteiger partial charge in [-0.05, 0) is 43.2 Å². The van der Waals surface area contributed by atoms with Crippen LogP contribution in [0.1, 0.15) is 45.1 Å². The molecule has 0 amide bonds. The van der Waals surface area contributed by atoms with Gasteiger partial charge in [0.2, 0.25) is 0 Å². The largest absolute Gasteiger partial charge is 0.493 e. The number of rotatable bonds is 3. The Balaban J connectivity index is 1.56. The molecule has 2 fully saturated rings. The summed E-state index contributed by atoms with van der Waals surface area (Å²) in [6.07, 6.45) is 7.97. The highest BCUT2D eigenvalue weighted by Gasteiger charge is 2.63. The summed E-state index contributed by atoms with van der Waals surface area (Å²) in [5.41, 5.74) is 2.73. The van der Waals surface area contributed by atoms with Crippen LogP contribution in [0.25, 0.3) is 11.0 Å². The highest BCUT2D eigenvalue weighted by atomic mass is 32.2. The minimum atomic E-state index is -0.857. The molecule has 25 heavy (non-hydrogen) atoms. The summed E-state index contributed by atoms with van der Waals surface area (Å²) in [6.45, 7) is 5.76. The molecular weight excluding hydrogens is 333 g/mol. The van der Waals surface area contributed by atoms with Gasteiger partial charge in [-0.1, -0.05) is 25.8 Å². The van der Waals surface area contributed by atoms with E-state index < -0.39 is 7.12 Å². The van der Waals surface area contributed by atoms with Crippen LogP contribution in [0.3, 0.4) is 0 Å². The number of aromatic amines is 1. The summed E-state index contributed by atoms with van der Waals surface area (Å²) < 4.78 is 8.85. The Labute approximate surface area is 152 Å². The predicted molar refractivity (Wildman–Crippen MR) is 102 cm³/mol. The first-order valence-electron chi connectivity index (χ1n) is 9.32. The fourth-order valence-corrected chi connectivity index (χ4v) is 6.53. The lowest BCUT2D eigenvalue weighted by molar-refractivity contribution is -0.0177. The number of aromatic nitrogens is 2. The molecule has 0 aromatic carbocycles. The van der Waals surface area contributed by atoms with Crippen LogP contribution in [0.4, 0.5) is 0 Å². The van der Waals surface area contributed by atoms with E-state index in [1.54, 1.807) is 6.20 Å². The van der Waals surface area contributed by atoms with Crippen molar-refractivity contribution in [2.45, 2.75) is 50.7 Å². The number of hydrogen-bond acceptors (Lipinski definition) is 5. The maximum Gasteiger partial charge on any atom is 0.493 e. The normalized spacial score (nSPS) is 34.4. The molecule has 1 saturated heterocycles. The van der Waals surface area contributed by atoms with E-state index in [2.05, 4.69) is 34.2 Å². The molecule has 5 rings (SSSR count). The minimum Gasteiger partial charge on any atom is -0.423 e. The fourth-order valence-electron chi connectivity index (χ4n) is 5.21. The lowest BCUT2D eigenvalue weighted by Crippen LogP contribution is -2.62. The van der Waals surface area contributed by atoms with Crippen LogP contribution in [0.5, 0.6) is 0 Å². The van der Waals surface area contributed by atoms with Crippen molar-refractivity contribution in [3.63, 3.8) is 0 Å². The fraction of sp³-hybridized carbons (Fsp3) is 0.611. The molecule has 0 bridgehead atoms. The number of hydrogen-bond donors (Lipinski definition) is 2. The summed E-state index contributed by atoms with van der Waals surface area (Å²) in [5.74, 6) is 1.85. The third-order valence-corrected chi connectivity index (χ3v) is 7.95. The van der Waals surface area contributed by atoms with Gasteiger partial charge in [0.15, 0.2) is 0 Å². The second-order valence-electron chi connectivity index (χ2n) is 7.87. The molecule has 0 radical (unpaired) electrons. The molecule has 2 aromatic heterocycles. The molecule has 2 spiro atoms. The minimum absolute atomic E-state index is 0.201. The van der Waals surface area contributed by atoms with Crippen molar-refractivity contribution in [2.24, 2.45) is 5.92 Å². The van der Waals surface area contributed by atoms with E-state index in [0.29, 0.717) is 5.92 Å². The maximum absolute atomic E-state index is 10.5. The molecule has 3 unspecified atom stereocenters. The van der Waals surface area contributed by atoms with Crippen LogP contribution in [0.2, 0.25) is 0 Å². The highest BCUT2D eigenvalue weighted by molar-refractivity contribution is 7.97. The van der Waals surface area contributed by atoms with Crippen molar-refractivity contribution in [2.75, 3.05) is 12.3 Å². The molecule has 1 aliphatic carbocycles. The van der Waals surface area contributed by atoms with Crippen molar-refractivity contribution >= 4 is 35.6 Å².